The zero-order valence-electron chi connectivity index (χ0n) is 12.6. The van der Waals surface area contributed by atoms with Crippen molar-refractivity contribution in [1.82, 2.24) is 29.6 Å². The van der Waals surface area contributed by atoms with Crippen LogP contribution in [0.15, 0.2) is 18.9 Å². The molecule has 1 unspecified atom stereocenters. The number of nitrogens with one attached hydrogen (secondary N) is 1. The molecule has 20 heavy (non-hydrogen) atoms. The lowest BCUT2D eigenvalue weighted by atomic mass is 10.1. The lowest BCUT2D eigenvalue weighted by Gasteiger charge is -2.16. The van der Waals surface area contributed by atoms with Gasteiger partial charge >= 0.3 is 0 Å². The summed E-state index contributed by atoms with van der Waals surface area (Å²) in [5.74, 6) is 1.02. The number of hydrogen-bond acceptors (Lipinski definition) is 4. The second-order valence-corrected chi connectivity index (χ2v) is 5.07. The molecule has 0 spiro atoms. The fourth-order valence-corrected chi connectivity index (χ4v) is 2.24. The Morgan fingerprint density at radius 1 is 1.25 bits per heavy atom. The van der Waals surface area contributed by atoms with Crippen LogP contribution < -0.4 is 5.32 Å². The molecule has 1 atom stereocenters. The molecule has 0 bridgehead atoms. The first-order valence-corrected chi connectivity index (χ1v) is 7.32. The number of hydrogen-bond donors (Lipinski definition) is 1. The maximum absolute atomic E-state index is 4.47. The first-order chi connectivity index (χ1) is 9.74. The molecule has 0 radical (unpaired) electrons. The van der Waals surface area contributed by atoms with E-state index in [4.69, 9.17) is 0 Å². The highest BCUT2D eigenvalue weighted by molar-refractivity contribution is 5.07. The summed E-state index contributed by atoms with van der Waals surface area (Å²) >= 11 is 0. The number of aryl methyl sites for hydroxylation is 2. The summed E-state index contributed by atoms with van der Waals surface area (Å²) in [6.45, 7) is 6.21. The molecule has 0 fully saturated rings. The smallest absolute Gasteiger partial charge is 0.138 e. The standard InChI is InChI=1S/C14H24N6/c1-4-6-15-12(13-9-19(3)11-17-13)8-14-16-10-18-20(14)7-5-2/h9-12,15H,4-8H2,1-3H3. The highest BCUT2D eigenvalue weighted by Gasteiger charge is 2.17. The molecule has 2 aromatic rings. The van der Waals surface area contributed by atoms with Crippen molar-refractivity contribution in [3.05, 3.63) is 30.4 Å². The van der Waals surface area contributed by atoms with Crippen LogP contribution >= 0.6 is 0 Å². The van der Waals surface area contributed by atoms with Crippen LogP contribution in [0.25, 0.3) is 0 Å². The quantitative estimate of drug-likeness (QED) is 0.797. The lowest BCUT2D eigenvalue weighted by molar-refractivity contribution is 0.481. The topological polar surface area (TPSA) is 60.6 Å². The van der Waals surface area contributed by atoms with Crippen molar-refractivity contribution in [3.8, 4) is 0 Å². The molecular weight excluding hydrogens is 252 g/mol. The zero-order valence-corrected chi connectivity index (χ0v) is 12.6. The fourth-order valence-electron chi connectivity index (χ4n) is 2.24. The van der Waals surface area contributed by atoms with Gasteiger partial charge in [-0.2, -0.15) is 5.10 Å². The molecule has 6 heteroatoms. The molecule has 0 aromatic carbocycles. The first-order valence-electron chi connectivity index (χ1n) is 7.32. The van der Waals surface area contributed by atoms with Crippen LogP contribution in [0.1, 0.15) is 44.2 Å². The van der Waals surface area contributed by atoms with Crippen molar-refractivity contribution in [1.29, 1.82) is 0 Å². The van der Waals surface area contributed by atoms with Crippen LogP contribution in [-0.2, 0) is 20.0 Å². The van der Waals surface area contributed by atoms with Gasteiger partial charge in [0.05, 0.1) is 18.1 Å². The third kappa shape index (κ3) is 3.66. The SMILES string of the molecule is CCCNC(Cc1ncnn1CCC)c1cn(C)cn1. The van der Waals surface area contributed by atoms with E-state index in [1.807, 2.05) is 22.6 Å². The van der Waals surface area contributed by atoms with E-state index in [1.165, 1.54) is 0 Å². The Labute approximate surface area is 120 Å². The third-order valence-electron chi connectivity index (χ3n) is 3.24. The zero-order chi connectivity index (χ0) is 14.4. The van der Waals surface area contributed by atoms with Crippen LogP contribution in [-0.4, -0.2) is 30.9 Å². The summed E-state index contributed by atoms with van der Waals surface area (Å²) in [5, 5.41) is 7.84. The van der Waals surface area contributed by atoms with Crippen LogP contribution in [0.5, 0.6) is 0 Å². The van der Waals surface area contributed by atoms with E-state index in [9.17, 15) is 0 Å². The Kier molecular flexibility index (Phi) is 5.29. The van der Waals surface area contributed by atoms with Gasteiger partial charge in [-0.05, 0) is 19.4 Å². The van der Waals surface area contributed by atoms with Gasteiger partial charge < -0.3 is 9.88 Å². The Hall–Kier alpha value is -1.69. The second-order valence-electron chi connectivity index (χ2n) is 5.07. The number of imidazole rings is 1. The van der Waals surface area contributed by atoms with E-state index >= 15 is 0 Å². The predicted molar refractivity (Wildman–Crippen MR) is 78.3 cm³/mol. The number of aromatic nitrogens is 5. The molecule has 0 aliphatic heterocycles. The minimum Gasteiger partial charge on any atom is -0.340 e. The molecule has 2 heterocycles. The summed E-state index contributed by atoms with van der Waals surface area (Å²) in [4.78, 5) is 8.86. The van der Waals surface area contributed by atoms with E-state index < -0.39 is 0 Å². The minimum absolute atomic E-state index is 0.191. The van der Waals surface area contributed by atoms with E-state index in [0.29, 0.717) is 0 Å². The molecule has 0 saturated heterocycles. The molecule has 1 N–H and O–H groups in total. The Bertz CT molecular complexity index is 515. The van der Waals surface area contributed by atoms with Gasteiger partial charge in [-0.15, -0.1) is 0 Å². The molecule has 0 amide bonds. The van der Waals surface area contributed by atoms with E-state index in [2.05, 4.69) is 40.4 Å². The second kappa shape index (κ2) is 7.19. The highest BCUT2D eigenvalue weighted by Crippen LogP contribution is 2.15. The van der Waals surface area contributed by atoms with E-state index in [0.717, 1.165) is 43.9 Å². The lowest BCUT2D eigenvalue weighted by Crippen LogP contribution is -2.26. The van der Waals surface area contributed by atoms with Gasteiger partial charge in [-0.3, -0.25) is 4.68 Å². The van der Waals surface area contributed by atoms with Gasteiger partial charge in [0.2, 0.25) is 0 Å². The summed E-state index contributed by atoms with van der Waals surface area (Å²) in [7, 11) is 1.99. The molecule has 2 rings (SSSR count). The summed E-state index contributed by atoms with van der Waals surface area (Å²) in [5.41, 5.74) is 1.06. The average molecular weight is 276 g/mol. The van der Waals surface area contributed by atoms with Crippen LogP contribution in [0.2, 0.25) is 0 Å². The maximum Gasteiger partial charge on any atom is 0.138 e. The Morgan fingerprint density at radius 3 is 2.75 bits per heavy atom. The molecular formula is C14H24N6. The van der Waals surface area contributed by atoms with Crippen molar-refractivity contribution in [2.45, 2.75) is 45.7 Å². The number of rotatable bonds is 8. The van der Waals surface area contributed by atoms with Gasteiger partial charge in [0, 0.05) is 26.2 Å². The van der Waals surface area contributed by atoms with Crippen molar-refractivity contribution in [2.24, 2.45) is 7.05 Å². The Morgan fingerprint density at radius 2 is 2.10 bits per heavy atom. The van der Waals surface area contributed by atoms with Crippen LogP contribution in [0.3, 0.4) is 0 Å². The molecule has 0 saturated carbocycles. The molecule has 2 aromatic heterocycles. The molecule has 0 aliphatic rings. The molecule has 110 valence electrons. The highest BCUT2D eigenvalue weighted by atomic mass is 15.3. The van der Waals surface area contributed by atoms with Gasteiger partial charge in [0.15, 0.2) is 0 Å². The van der Waals surface area contributed by atoms with E-state index in [-0.39, 0.29) is 6.04 Å². The van der Waals surface area contributed by atoms with Crippen molar-refractivity contribution in [2.75, 3.05) is 6.54 Å². The van der Waals surface area contributed by atoms with Gasteiger partial charge in [-0.1, -0.05) is 13.8 Å². The first kappa shape index (κ1) is 14.7. The predicted octanol–water partition coefficient (Wildman–Crippen LogP) is 1.70. The summed E-state index contributed by atoms with van der Waals surface area (Å²) in [6.07, 6.45) is 8.52. The average Bonchev–Trinajstić information content (AvgIpc) is 3.04. The largest absolute Gasteiger partial charge is 0.340 e. The van der Waals surface area contributed by atoms with Gasteiger partial charge in [0.25, 0.3) is 0 Å². The van der Waals surface area contributed by atoms with E-state index in [1.54, 1.807) is 6.33 Å². The summed E-state index contributed by atoms with van der Waals surface area (Å²) < 4.78 is 3.97. The third-order valence-corrected chi connectivity index (χ3v) is 3.24. The molecule has 0 aliphatic carbocycles. The van der Waals surface area contributed by atoms with Crippen molar-refractivity contribution >= 4 is 0 Å². The minimum atomic E-state index is 0.191. The van der Waals surface area contributed by atoms with Crippen LogP contribution in [0, 0.1) is 0 Å². The maximum atomic E-state index is 4.47. The Balaban J connectivity index is 2.12. The summed E-state index contributed by atoms with van der Waals surface area (Å²) in [6, 6.07) is 0.191. The number of nitrogens with zero attached hydrogens (tertiary/aromatic N) is 5. The van der Waals surface area contributed by atoms with Crippen LogP contribution in [0.4, 0.5) is 0 Å². The fraction of sp³-hybridized carbons (Fsp3) is 0.643. The van der Waals surface area contributed by atoms with Gasteiger partial charge in [-0.25, -0.2) is 9.97 Å². The van der Waals surface area contributed by atoms with Crippen molar-refractivity contribution < 1.29 is 0 Å². The monoisotopic (exact) mass is 276 g/mol. The van der Waals surface area contributed by atoms with Crippen molar-refractivity contribution in [3.63, 3.8) is 0 Å². The molecule has 6 nitrogen and oxygen atoms in total. The van der Waals surface area contributed by atoms with Gasteiger partial charge in [0.1, 0.15) is 12.2 Å². The normalized spacial score (nSPS) is 12.8.